The molecule has 0 saturated carbocycles. The largest absolute Gasteiger partial charge is 0.358 e. The fraction of sp³-hybridized carbons (Fsp3) is 0.462. The molecule has 0 N–H and O–H groups in total. The molecule has 0 aromatic heterocycles. The summed E-state index contributed by atoms with van der Waals surface area (Å²) in [5.74, 6) is 0.315. The van der Waals surface area contributed by atoms with Gasteiger partial charge in [0, 0.05) is 23.9 Å². The van der Waals surface area contributed by atoms with Crippen LogP contribution in [-0.2, 0) is 5.75 Å². The number of benzene rings is 1. The average Bonchev–Trinajstić information content (AvgIpc) is 2.38. The number of nitrogens with zero attached hydrogens (tertiary/aromatic N) is 1. The molecule has 0 radical (unpaired) electrons. The second-order valence-electron chi connectivity index (χ2n) is 4.34. The smallest absolute Gasteiger partial charge is 0.136 e. The van der Waals surface area contributed by atoms with Gasteiger partial charge in [-0.15, -0.1) is 0 Å². The van der Waals surface area contributed by atoms with Crippen molar-refractivity contribution >= 4 is 39.9 Å². The standard InChI is InChI=1S/C13H15ClFNS2/c14-11-5-4-10(12(15)8-11)9-18-13(17)16-6-2-1-3-7-16/h4-5,8H,1-3,6-7,9H2. The summed E-state index contributed by atoms with van der Waals surface area (Å²) in [5.41, 5.74) is 0.656. The minimum Gasteiger partial charge on any atom is -0.358 e. The first-order chi connectivity index (χ1) is 8.66. The van der Waals surface area contributed by atoms with Crippen molar-refractivity contribution in [1.29, 1.82) is 0 Å². The Labute approximate surface area is 122 Å². The van der Waals surface area contributed by atoms with Crippen LogP contribution in [0.5, 0.6) is 0 Å². The van der Waals surface area contributed by atoms with Crippen LogP contribution in [0.4, 0.5) is 4.39 Å². The summed E-state index contributed by atoms with van der Waals surface area (Å²) >= 11 is 12.6. The minimum atomic E-state index is -0.253. The molecule has 1 aromatic rings. The molecule has 2 rings (SSSR count). The van der Waals surface area contributed by atoms with Gasteiger partial charge in [-0.05, 0) is 37.0 Å². The highest BCUT2D eigenvalue weighted by molar-refractivity contribution is 8.22. The van der Waals surface area contributed by atoms with Crippen molar-refractivity contribution in [2.75, 3.05) is 13.1 Å². The van der Waals surface area contributed by atoms with Crippen molar-refractivity contribution < 1.29 is 4.39 Å². The van der Waals surface area contributed by atoms with E-state index in [1.807, 2.05) is 0 Å². The molecular formula is C13H15ClFNS2. The van der Waals surface area contributed by atoms with Crippen molar-refractivity contribution in [3.8, 4) is 0 Å². The Balaban J connectivity index is 1.88. The molecule has 1 aromatic carbocycles. The van der Waals surface area contributed by atoms with Crippen LogP contribution in [0, 0.1) is 5.82 Å². The summed E-state index contributed by atoms with van der Waals surface area (Å²) in [6.45, 7) is 2.07. The zero-order valence-corrected chi connectivity index (χ0v) is 12.4. The van der Waals surface area contributed by atoms with E-state index in [4.69, 9.17) is 23.8 Å². The fourth-order valence-corrected chi connectivity index (χ4v) is 3.34. The third-order valence-corrected chi connectivity index (χ3v) is 4.79. The zero-order chi connectivity index (χ0) is 13.0. The Kier molecular flexibility index (Phi) is 5.27. The first kappa shape index (κ1) is 14.1. The molecule has 18 heavy (non-hydrogen) atoms. The molecule has 0 spiro atoms. The van der Waals surface area contributed by atoms with E-state index in [1.165, 1.54) is 37.1 Å². The summed E-state index contributed by atoms with van der Waals surface area (Å²) in [5, 5.41) is 0.430. The number of likely N-dealkylation sites (tertiary alicyclic amines) is 1. The third kappa shape index (κ3) is 3.84. The summed E-state index contributed by atoms with van der Waals surface area (Å²) in [4.78, 5) is 2.22. The summed E-state index contributed by atoms with van der Waals surface area (Å²) in [6, 6.07) is 4.79. The maximum Gasteiger partial charge on any atom is 0.136 e. The predicted molar refractivity (Wildman–Crippen MR) is 80.7 cm³/mol. The highest BCUT2D eigenvalue weighted by atomic mass is 35.5. The molecule has 0 amide bonds. The first-order valence-corrected chi connectivity index (χ1v) is 7.79. The number of hydrogen-bond acceptors (Lipinski definition) is 2. The number of hydrogen-bond donors (Lipinski definition) is 0. The Morgan fingerprint density at radius 2 is 2.06 bits per heavy atom. The second kappa shape index (κ2) is 6.73. The lowest BCUT2D eigenvalue weighted by Crippen LogP contribution is -2.32. The molecule has 1 saturated heterocycles. The van der Waals surface area contributed by atoms with Gasteiger partial charge >= 0.3 is 0 Å². The van der Waals surface area contributed by atoms with Crippen LogP contribution >= 0.6 is 35.6 Å². The number of thiocarbonyl (C=S) groups is 1. The lowest BCUT2D eigenvalue weighted by Gasteiger charge is -2.28. The van der Waals surface area contributed by atoms with E-state index in [2.05, 4.69) is 4.90 Å². The highest BCUT2D eigenvalue weighted by Crippen LogP contribution is 2.23. The second-order valence-corrected chi connectivity index (χ2v) is 6.38. The van der Waals surface area contributed by atoms with Gasteiger partial charge in [0.1, 0.15) is 10.1 Å². The van der Waals surface area contributed by atoms with Crippen LogP contribution in [0.1, 0.15) is 24.8 Å². The van der Waals surface area contributed by atoms with E-state index in [9.17, 15) is 4.39 Å². The third-order valence-electron chi connectivity index (χ3n) is 2.98. The summed E-state index contributed by atoms with van der Waals surface area (Å²) < 4.78 is 14.5. The summed E-state index contributed by atoms with van der Waals surface area (Å²) in [7, 11) is 0. The van der Waals surface area contributed by atoms with Gasteiger partial charge in [-0.1, -0.05) is 41.6 Å². The SMILES string of the molecule is Fc1cc(Cl)ccc1CSC(=S)N1CCCCC1. The molecule has 1 aliphatic rings. The van der Waals surface area contributed by atoms with Gasteiger partial charge in [0.2, 0.25) is 0 Å². The normalized spacial score (nSPS) is 15.8. The molecule has 1 heterocycles. The first-order valence-electron chi connectivity index (χ1n) is 6.02. The average molecular weight is 304 g/mol. The van der Waals surface area contributed by atoms with Gasteiger partial charge in [-0.3, -0.25) is 0 Å². The minimum absolute atomic E-state index is 0.253. The van der Waals surface area contributed by atoms with Crippen molar-refractivity contribution in [1.82, 2.24) is 4.90 Å². The van der Waals surface area contributed by atoms with Crippen LogP contribution in [0.15, 0.2) is 18.2 Å². The topological polar surface area (TPSA) is 3.24 Å². The van der Waals surface area contributed by atoms with E-state index in [-0.39, 0.29) is 5.82 Å². The number of piperidine rings is 1. The number of thioether (sulfide) groups is 1. The molecule has 0 aliphatic carbocycles. The predicted octanol–water partition coefficient (Wildman–Crippen LogP) is 4.48. The van der Waals surface area contributed by atoms with Crippen LogP contribution in [-0.4, -0.2) is 22.3 Å². The van der Waals surface area contributed by atoms with Crippen LogP contribution in [0.2, 0.25) is 5.02 Å². The van der Waals surface area contributed by atoms with Crippen molar-refractivity contribution in [3.63, 3.8) is 0 Å². The molecule has 1 fully saturated rings. The fourth-order valence-electron chi connectivity index (χ4n) is 1.95. The summed E-state index contributed by atoms with van der Waals surface area (Å²) in [6.07, 6.45) is 3.70. The van der Waals surface area contributed by atoms with E-state index < -0.39 is 0 Å². The van der Waals surface area contributed by atoms with Crippen LogP contribution in [0.25, 0.3) is 0 Å². The van der Waals surface area contributed by atoms with Gasteiger partial charge in [0.25, 0.3) is 0 Å². The van der Waals surface area contributed by atoms with E-state index >= 15 is 0 Å². The maximum atomic E-state index is 13.6. The Hall–Kier alpha value is -0.320. The molecule has 0 unspecified atom stereocenters. The van der Waals surface area contributed by atoms with Crippen molar-refractivity contribution in [3.05, 3.63) is 34.6 Å². The Morgan fingerprint density at radius 1 is 1.33 bits per heavy atom. The molecule has 1 aliphatic heterocycles. The van der Waals surface area contributed by atoms with Gasteiger partial charge < -0.3 is 4.90 Å². The monoisotopic (exact) mass is 303 g/mol. The maximum absolute atomic E-state index is 13.6. The lowest BCUT2D eigenvalue weighted by molar-refractivity contribution is 0.352. The van der Waals surface area contributed by atoms with Crippen molar-refractivity contribution in [2.45, 2.75) is 25.0 Å². The highest BCUT2D eigenvalue weighted by Gasteiger charge is 2.14. The van der Waals surface area contributed by atoms with Crippen molar-refractivity contribution in [2.24, 2.45) is 0 Å². The quantitative estimate of drug-likeness (QED) is 0.742. The van der Waals surface area contributed by atoms with Gasteiger partial charge in [0.15, 0.2) is 0 Å². The van der Waals surface area contributed by atoms with Gasteiger partial charge in [0.05, 0.1) is 0 Å². The zero-order valence-electron chi connectivity index (χ0n) is 9.99. The molecule has 98 valence electrons. The number of halogens is 2. The molecular weight excluding hydrogens is 289 g/mol. The van der Waals surface area contributed by atoms with Crippen LogP contribution in [0.3, 0.4) is 0 Å². The van der Waals surface area contributed by atoms with E-state index in [1.54, 1.807) is 12.1 Å². The van der Waals surface area contributed by atoms with E-state index in [0.29, 0.717) is 16.3 Å². The number of rotatable bonds is 2. The van der Waals surface area contributed by atoms with Gasteiger partial charge in [-0.2, -0.15) is 0 Å². The Morgan fingerprint density at radius 3 is 2.72 bits per heavy atom. The molecule has 5 heteroatoms. The lowest BCUT2D eigenvalue weighted by atomic mass is 10.1. The Bertz CT molecular complexity index is 433. The van der Waals surface area contributed by atoms with E-state index in [0.717, 1.165) is 17.4 Å². The molecule has 1 nitrogen and oxygen atoms in total. The van der Waals surface area contributed by atoms with Crippen LogP contribution < -0.4 is 0 Å². The molecule has 0 bridgehead atoms. The van der Waals surface area contributed by atoms with Gasteiger partial charge in [-0.25, -0.2) is 4.39 Å². The molecule has 0 atom stereocenters.